The third-order valence-electron chi connectivity index (χ3n) is 3.15. The molecule has 2 rings (SSSR count). The lowest BCUT2D eigenvalue weighted by molar-refractivity contribution is -0.149. The van der Waals surface area contributed by atoms with Gasteiger partial charge in [-0.25, -0.2) is 0 Å². The Labute approximate surface area is 105 Å². The fraction of sp³-hybridized carbons (Fsp3) is 0.818. The van der Waals surface area contributed by atoms with Crippen molar-refractivity contribution >= 4 is 11.8 Å². The van der Waals surface area contributed by atoms with Gasteiger partial charge < -0.3 is 20.1 Å². The van der Waals surface area contributed by atoms with Crippen LogP contribution in [0.15, 0.2) is 0 Å². The molecule has 2 fully saturated rings. The Morgan fingerprint density at radius 1 is 1.56 bits per heavy atom. The van der Waals surface area contributed by atoms with Crippen LogP contribution in [0.5, 0.6) is 0 Å². The maximum Gasteiger partial charge on any atom is 0.241 e. The van der Waals surface area contributed by atoms with Crippen molar-refractivity contribution in [1.82, 2.24) is 15.5 Å². The molecule has 2 amide bonds. The molecule has 7 heteroatoms. The van der Waals surface area contributed by atoms with E-state index in [2.05, 4.69) is 10.6 Å². The molecule has 3 N–H and O–H groups in total. The van der Waals surface area contributed by atoms with E-state index in [9.17, 15) is 9.59 Å². The van der Waals surface area contributed by atoms with Gasteiger partial charge in [-0.15, -0.1) is 0 Å². The van der Waals surface area contributed by atoms with E-state index in [0.29, 0.717) is 19.6 Å². The van der Waals surface area contributed by atoms with E-state index >= 15 is 0 Å². The normalized spacial score (nSPS) is 33.1. The molecule has 0 aromatic heterocycles. The molecule has 0 saturated carbocycles. The predicted molar refractivity (Wildman–Crippen MR) is 62.8 cm³/mol. The lowest BCUT2D eigenvalue weighted by atomic mass is 10.1. The standard InChI is InChI=1S/C11H19N3O4/c1-7-4-14(5-8(6-15)18-7)11(17)9-2-13-10(16)3-12-9/h7-9,12,15H,2-6H2,1H3,(H,13,16). The number of nitrogens with zero attached hydrogens (tertiary/aromatic N) is 1. The second-order valence-electron chi connectivity index (χ2n) is 4.73. The van der Waals surface area contributed by atoms with Gasteiger partial charge >= 0.3 is 0 Å². The largest absolute Gasteiger partial charge is 0.394 e. The second-order valence-corrected chi connectivity index (χ2v) is 4.73. The topological polar surface area (TPSA) is 90.9 Å². The van der Waals surface area contributed by atoms with Gasteiger partial charge in [0.25, 0.3) is 0 Å². The first kappa shape index (κ1) is 13.3. The van der Waals surface area contributed by atoms with Crippen LogP contribution in [-0.4, -0.2) is 72.9 Å². The molecule has 0 aromatic carbocycles. The molecule has 18 heavy (non-hydrogen) atoms. The summed E-state index contributed by atoms with van der Waals surface area (Å²) in [6.07, 6.45) is -0.408. The lowest BCUT2D eigenvalue weighted by Gasteiger charge is -2.38. The first-order chi connectivity index (χ1) is 8.60. The van der Waals surface area contributed by atoms with Crippen molar-refractivity contribution in [3.63, 3.8) is 0 Å². The van der Waals surface area contributed by atoms with Gasteiger partial charge in [-0.05, 0) is 6.92 Å². The average Bonchev–Trinajstić information content (AvgIpc) is 2.38. The highest BCUT2D eigenvalue weighted by Gasteiger charge is 2.33. The summed E-state index contributed by atoms with van der Waals surface area (Å²) >= 11 is 0. The van der Waals surface area contributed by atoms with Gasteiger partial charge in [-0.3, -0.25) is 14.9 Å². The number of piperazine rings is 1. The number of carbonyl (C=O) groups excluding carboxylic acids is 2. The molecule has 3 unspecified atom stereocenters. The minimum absolute atomic E-state index is 0.0522. The summed E-state index contributed by atoms with van der Waals surface area (Å²) in [4.78, 5) is 24.9. The molecule has 0 aromatic rings. The van der Waals surface area contributed by atoms with Crippen molar-refractivity contribution in [3.8, 4) is 0 Å². The summed E-state index contributed by atoms with van der Waals surface area (Å²) < 4.78 is 5.49. The van der Waals surface area contributed by atoms with E-state index in [1.807, 2.05) is 6.92 Å². The van der Waals surface area contributed by atoms with Crippen LogP contribution >= 0.6 is 0 Å². The molecule has 2 aliphatic heterocycles. The highest BCUT2D eigenvalue weighted by atomic mass is 16.5. The number of morpholine rings is 1. The minimum atomic E-state index is -0.382. The molecule has 7 nitrogen and oxygen atoms in total. The van der Waals surface area contributed by atoms with Gasteiger partial charge in [0.05, 0.1) is 25.4 Å². The van der Waals surface area contributed by atoms with E-state index in [4.69, 9.17) is 9.84 Å². The third-order valence-corrected chi connectivity index (χ3v) is 3.15. The van der Waals surface area contributed by atoms with Crippen molar-refractivity contribution in [2.45, 2.75) is 25.2 Å². The molecule has 0 aliphatic carbocycles. The van der Waals surface area contributed by atoms with Crippen LogP contribution in [0.2, 0.25) is 0 Å². The Kier molecular flexibility index (Phi) is 4.15. The monoisotopic (exact) mass is 257 g/mol. The van der Waals surface area contributed by atoms with Crippen LogP contribution in [0.3, 0.4) is 0 Å². The quantitative estimate of drug-likeness (QED) is 0.517. The van der Waals surface area contributed by atoms with Gasteiger partial charge in [-0.2, -0.15) is 0 Å². The predicted octanol–water partition coefficient (Wildman–Crippen LogP) is -2.32. The maximum atomic E-state index is 12.2. The van der Waals surface area contributed by atoms with E-state index < -0.39 is 0 Å². The van der Waals surface area contributed by atoms with Crippen molar-refractivity contribution in [2.75, 3.05) is 32.8 Å². The van der Waals surface area contributed by atoms with Crippen LogP contribution in [0.1, 0.15) is 6.92 Å². The molecule has 102 valence electrons. The SMILES string of the molecule is CC1CN(C(=O)C2CNC(=O)CN2)CC(CO)O1. The van der Waals surface area contributed by atoms with Crippen molar-refractivity contribution in [2.24, 2.45) is 0 Å². The zero-order valence-electron chi connectivity index (χ0n) is 10.4. The summed E-state index contributed by atoms with van der Waals surface area (Å²) in [6, 6.07) is -0.382. The lowest BCUT2D eigenvalue weighted by Crippen LogP contribution is -2.61. The zero-order valence-corrected chi connectivity index (χ0v) is 10.4. The smallest absolute Gasteiger partial charge is 0.241 e. The molecule has 2 aliphatic rings. The number of ether oxygens (including phenoxy) is 1. The average molecular weight is 257 g/mol. The van der Waals surface area contributed by atoms with Crippen LogP contribution < -0.4 is 10.6 Å². The Bertz CT molecular complexity index is 326. The first-order valence-electron chi connectivity index (χ1n) is 6.15. The fourth-order valence-electron chi connectivity index (χ4n) is 2.29. The van der Waals surface area contributed by atoms with E-state index in [1.165, 1.54) is 0 Å². The second kappa shape index (κ2) is 5.64. The van der Waals surface area contributed by atoms with Gasteiger partial charge in [-0.1, -0.05) is 0 Å². The molecular weight excluding hydrogens is 238 g/mol. The molecule has 3 atom stereocenters. The number of rotatable bonds is 2. The van der Waals surface area contributed by atoms with Crippen molar-refractivity contribution < 1.29 is 19.4 Å². The molecule has 0 radical (unpaired) electrons. The number of carbonyl (C=O) groups is 2. The molecule has 2 saturated heterocycles. The molecular formula is C11H19N3O4. The van der Waals surface area contributed by atoms with Gasteiger partial charge in [0.2, 0.25) is 11.8 Å². The van der Waals surface area contributed by atoms with Gasteiger partial charge in [0.15, 0.2) is 0 Å². The first-order valence-corrected chi connectivity index (χ1v) is 6.15. The van der Waals surface area contributed by atoms with Crippen LogP contribution in [0, 0.1) is 0 Å². The Hall–Kier alpha value is -1.18. The van der Waals surface area contributed by atoms with E-state index in [1.54, 1.807) is 4.90 Å². The Morgan fingerprint density at radius 2 is 2.33 bits per heavy atom. The van der Waals surface area contributed by atoms with Crippen LogP contribution in [-0.2, 0) is 14.3 Å². The summed E-state index contributed by atoms with van der Waals surface area (Å²) in [6.45, 7) is 3.17. The Balaban J connectivity index is 1.93. The number of aliphatic hydroxyl groups excluding tert-OH is 1. The van der Waals surface area contributed by atoms with Gasteiger partial charge in [0, 0.05) is 19.6 Å². The van der Waals surface area contributed by atoms with Gasteiger partial charge in [0.1, 0.15) is 6.04 Å². The summed E-state index contributed by atoms with van der Waals surface area (Å²) in [5, 5.41) is 14.7. The Morgan fingerprint density at radius 3 is 2.94 bits per heavy atom. The number of hydrogen-bond acceptors (Lipinski definition) is 5. The fourth-order valence-corrected chi connectivity index (χ4v) is 2.29. The summed E-state index contributed by atoms with van der Waals surface area (Å²) in [7, 11) is 0. The number of hydrogen-bond donors (Lipinski definition) is 3. The summed E-state index contributed by atoms with van der Waals surface area (Å²) in [5.41, 5.74) is 0. The third kappa shape index (κ3) is 2.98. The van der Waals surface area contributed by atoms with Crippen molar-refractivity contribution in [3.05, 3.63) is 0 Å². The van der Waals surface area contributed by atoms with Crippen molar-refractivity contribution in [1.29, 1.82) is 0 Å². The highest BCUT2D eigenvalue weighted by molar-refractivity contribution is 5.86. The molecule has 2 heterocycles. The number of nitrogens with one attached hydrogen (secondary N) is 2. The minimum Gasteiger partial charge on any atom is -0.394 e. The summed E-state index contributed by atoms with van der Waals surface area (Å²) in [5.74, 6) is -0.147. The number of amides is 2. The van der Waals surface area contributed by atoms with E-state index in [0.717, 1.165) is 0 Å². The highest BCUT2D eigenvalue weighted by Crippen LogP contribution is 2.12. The van der Waals surface area contributed by atoms with Crippen LogP contribution in [0.4, 0.5) is 0 Å². The zero-order chi connectivity index (χ0) is 13.1. The molecule has 0 spiro atoms. The maximum absolute atomic E-state index is 12.2. The number of aliphatic hydroxyl groups is 1. The van der Waals surface area contributed by atoms with E-state index in [-0.39, 0.29) is 43.2 Å². The molecule has 0 bridgehead atoms. The van der Waals surface area contributed by atoms with Crippen LogP contribution in [0.25, 0.3) is 0 Å².